The fraction of sp³-hybridized carbons (Fsp3) is 0.0690. The molecular weight excluding hydrogens is 2010 g/mol. The molecule has 0 saturated carbocycles. The third kappa shape index (κ3) is 15.0. The maximum Gasteiger partial charge on any atom is 0.409 e. The molecule has 0 fully saturated rings. The van der Waals surface area contributed by atoms with Gasteiger partial charge >= 0.3 is 14.0 Å². The molecule has 0 aliphatic carbocycles. The molecule has 2 aliphatic rings. The predicted octanol–water partition coefficient (Wildman–Crippen LogP) is 25.1. The first-order valence-corrected chi connectivity index (χ1v) is 44.7. The van der Waals surface area contributed by atoms with E-state index in [-0.39, 0.29) is 61.5 Å². The number of anilines is 8. The zero-order valence-corrected chi connectivity index (χ0v) is 79.0. The Morgan fingerprint density at radius 3 is 1.07 bits per heavy atom. The molecular formula is C116H86B2N12O2Pt2-4. The van der Waals surface area contributed by atoms with Crippen LogP contribution in [0.25, 0.3) is 99.8 Å². The van der Waals surface area contributed by atoms with Crippen LogP contribution in [0.4, 0.5) is 45.8 Å². The quantitative estimate of drug-likeness (QED) is 0.0537. The number of ether oxygens (including phenoxy) is 2. The molecule has 6 aromatic heterocycles. The van der Waals surface area contributed by atoms with Gasteiger partial charge in [0.15, 0.2) is 0 Å². The van der Waals surface area contributed by atoms with Crippen molar-refractivity contribution in [1.82, 2.24) is 28.2 Å². The van der Waals surface area contributed by atoms with E-state index in [1.54, 1.807) is 0 Å². The molecule has 0 radical (unpaired) electrons. The number of benzene rings is 16. The molecule has 652 valence electrons. The monoisotopic (exact) mass is 2090 g/mol. The molecule has 0 bridgehead atoms. The number of imidazole rings is 2. The minimum Gasteiger partial charge on any atom is -0.510 e. The second kappa shape index (κ2) is 35.4. The average Bonchev–Trinajstić information content (AvgIpc) is 2.44. The summed E-state index contributed by atoms with van der Waals surface area (Å²) < 4.78 is 26.7. The minimum absolute atomic E-state index is 0. The molecule has 24 rings (SSSR count). The molecule has 0 unspecified atom stereocenters. The summed E-state index contributed by atoms with van der Waals surface area (Å²) >= 11 is 0. The second-order valence-electron chi connectivity index (χ2n) is 34.7. The van der Waals surface area contributed by atoms with E-state index in [0.29, 0.717) is 23.0 Å². The van der Waals surface area contributed by atoms with Crippen molar-refractivity contribution >= 4 is 136 Å². The fourth-order valence-electron chi connectivity index (χ4n) is 19.6. The van der Waals surface area contributed by atoms with Gasteiger partial charge in [-0.2, -0.15) is 24.3 Å². The van der Waals surface area contributed by atoms with Crippen LogP contribution in [0.5, 0.6) is 23.0 Å². The van der Waals surface area contributed by atoms with E-state index < -0.39 is 0 Å². The van der Waals surface area contributed by atoms with Crippen LogP contribution in [0.2, 0.25) is 0 Å². The molecule has 14 nitrogen and oxygen atoms in total. The topological polar surface area (TPSA) is 84.7 Å². The van der Waals surface area contributed by atoms with Gasteiger partial charge in [-0.15, -0.1) is 60.7 Å². The largest absolute Gasteiger partial charge is 0.510 e. The van der Waals surface area contributed by atoms with E-state index in [1.165, 1.54) is 60.3 Å². The third-order valence-corrected chi connectivity index (χ3v) is 25.6. The Balaban J connectivity index is 0.000000159. The second-order valence-corrected chi connectivity index (χ2v) is 34.7. The van der Waals surface area contributed by atoms with Crippen molar-refractivity contribution in [2.24, 2.45) is 0 Å². The van der Waals surface area contributed by atoms with Crippen LogP contribution >= 0.6 is 0 Å². The van der Waals surface area contributed by atoms with Gasteiger partial charge in [-0.25, -0.2) is 9.97 Å². The average molecular weight is 2090 g/mol. The van der Waals surface area contributed by atoms with Crippen molar-refractivity contribution in [1.29, 1.82) is 0 Å². The maximum absolute atomic E-state index is 6.80. The van der Waals surface area contributed by atoms with Gasteiger partial charge in [0.25, 0.3) is 12.7 Å². The van der Waals surface area contributed by atoms with Gasteiger partial charge in [0.05, 0.1) is 66.9 Å². The number of hydrogen-bond acceptors (Lipinski definition) is 8. The molecule has 2 aliphatic heterocycles. The van der Waals surface area contributed by atoms with Crippen molar-refractivity contribution in [3.05, 3.63) is 459 Å². The summed E-state index contributed by atoms with van der Waals surface area (Å²) in [4.78, 5) is 19.4. The Morgan fingerprint density at radius 2 is 0.657 bits per heavy atom. The molecule has 18 heteroatoms. The van der Waals surface area contributed by atoms with Crippen molar-refractivity contribution in [2.45, 2.75) is 53.9 Å². The third-order valence-electron chi connectivity index (χ3n) is 25.6. The molecule has 0 saturated heterocycles. The predicted molar refractivity (Wildman–Crippen MR) is 536 cm³/mol. The van der Waals surface area contributed by atoms with Gasteiger partial charge < -0.3 is 47.0 Å². The van der Waals surface area contributed by atoms with Gasteiger partial charge in [-0.1, -0.05) is 290 Å². The van der Waals surface area contributed by atoms with Crippen LogP contribution in [0.15, 0.2) is 395 Å². The van der Waals surface area contributed by atoms with Crippen LogP contribution in [0.3, 0.4) is 0 Å². The molecule has 0 atom stereocenters. The van der Waals surface area contributed by atoms with E-state index in [1.807, 2.05) is 73.1 Å². The number of aryl methyl sites for hydroxylation is 4. The van der Waals surface area contributed by atoms with E-state index in [0.717, 1.165) is 124 Å². The summed E-state index contributed by atoms with van der Waals surface area (Å²) in [5.41, 5.74) is 28.6. The summed E-state index contributed by atoms with van der Waals surface area (Å²) in [5, 5.41) is 4.87. The van der Waals surface area contributed by atoms with Crippen LogP contribution in [0.1, 0.15) is 48.6 Å². The zero-order chi connectivity index (χ0) is 88.8. The molecule has 8 heterocycles. The summed E-state index contributed by atoms with van der Waals surface area (Å²) in [7, 11) is 0. The molecule has 22 aromatic rings. The Hall–Kier alpha value is -15.3. The van der Waals surface area contributed by atoms with Crippen LogP contribution < -0.4 is 48.8 Å². The van der Waals surface area contributed by atoms with Crippen LogP contribution in [-0.2, 0) is 47.5 Å². The van der Waals surface area contributed by atoms with E-state index in [2.05, 4.69) is 454 Å². The van der Waals surface area contributed by atoms with Crippen molar-refractivity contribution < 1.29 is 60.7 Å². The number of nitrogens with zero attached hydrogens (tertiary/aromatic N) is 12. The summed E-state index contributed by atoms with van der Waals surface area (Å²) in [6.45, 7) is 15.0. The van der Waals surface area contributed by atoms with Gasteiger partial charge in [0, 0.05) is 110 Å². The Labute approximate surface area is 808 Å². The Kier molecular flexibility index (Phi) is 22.6. The van der Waals surface area contributed by atoms with Crippen LogP contribution in [-0.4, -0.2) is 42.2 Å². The number of aromatic nitrogens is 8. The fourth-order valence-corrected chi connectivity index (χ4v) is 19.6. The van der Waals surface area contributed by atoms with E-state index in [9.17, 15) is 0 Å². The standard InChI is InChI=1S/C60H47BN6O.C56H39BN6O.2Pt/c1-41-19-17-20-42(2)59(41)61-66(44-21-7-6-8-22-44)56-34-33-47(39-57(56)67(61)58-37-43(35-36-62-58)60(3,4)5)68-46-24-18-23-45(38-46)63-40-64(53-30-14-13-29-52(53)63)54-31-15-16-32-55(54)65-50-27-11-9-25-48(50)49-26-10-12-28-51(49)65;1-39-18-16-19-40(2)56(39)57-62(41-20-4-3-5-21-41)53-34-33-44(37-54(53)63(57)55-32-14-15-35-58-55)64-43-23-17-22-42(36-43)59-38-60(50-29-11-10-28-49(50)59)51-30-12-13-31-52(51)61-47-26-8-6-24-45(47)46-25-7-9-27-48(46)61;;/h6-37H,1-5H3;3-35H,1-2H3;;/q2*-2;;. The van der Waals surface area contributed by atoms with Gasteiger partial charge in [0.2, 0.25) is 0 Å². The molecule has 134 heavy (non-hydrogen) atoms. The van der Waals surface area contributed by atoms with Gasteiger partial charge in [-0.05, 0) is 158 Å². The van der Waals surface area contributed by atoms with Crippen LogP contribution in [0, 0.1) is 64.6 Å². The van der Waals surface area contributed by atoms with Crippen molar-refractivity contribution in [3.8, 4) is 57.1 Å². The summed E-state index contributed by atoms with van der Waals surface area (Å²) in [5.74, 6) is 3.92. The first kappa shape index (κ1) is 85.4. The normalized spacial score (nSPS) is 12.4. The van der Waals surface area contributed by atoms with Gasteiger partial charge in [-0.3, -0.25) is 9.13 Å². The van der Waals surface area contributed by atoms with Crippen molar-refractivity contribution in [3.63, 3.8) is 0 Å². The molecule has 0 spiro atoms. The SMILES string of the molecule is Cc1cccc(C)c1B1N(c2cc(C(C)(C)C)ccn2)c2[c-]c(Oc3[c-]c(-n4[c-][n+](-c5ccccc5-n5c6ccccc6c6ccccc65)c5ccccc54)ccc3)ccc2N1c1ccccc1.Cc1cccc(C)c1B1N(c2ccccn2)c2[c-]c(Oc3[c-]c(-n4[c-][n+](-c5ccccc5-n5c6ccccc6c6ccccc65)c5ccccc54)ccc3)ccc2N1c1ccccc1.[Pt].[Pt]. The first-order chi connectivity index (χ1) is 64.8. The van der Waals surface area contributed by atoms with E-state index in [4.69, 9.17) is 19.4 Å². The number of rotatable bonds is 16. The molecule has 16 aromatic carbocycles. The maximum atomic E-state index is 6.80. The molecule has 0 amide bonds. The first-order valence-electron chi connectivity index (χ1n) is 44.7. The smallest absolute Gasteiger partial charge is 0.409 e. The van der Waals surface area contributed by atoms with Gasteiger partial charge in [0.1, 0.15) is 11.6 Å². The molecule has 0 N–H and O–H groups in total. The Bertz CT molecular complexity index is 8090. The number of fused-ring (bicyclic) bond motifs is 10. The summed E-state index contributed by atoms with van der Waals surface area (Å²) in [6.07, 6.45) is 11.2. The number of para-hydroxylation sites is 14. The minimum atomic E-state index is -0.248. The van der Waals surface area contributed by atoms with Crippen molar-refractivity contribution in [2.75, 3.05) is 19.2 Å². The van der Waals surface area contributed by atoms with E-state index >= 15 is 0 Å². The Morgan fingerprint density at radius 1 is 0.299 bits per heavy atom. The zero-order valence-electron chi connectivity index (χ0n) is 74.5. The summed E-state index contributed by atoms with van der Waals surface area (Å²) in [6, 6.07) is 148. The number of pyridine rings is 2. The number of hydrogen-bond donors (Lipinski definition) is 0.